The van der Waals surface area contributed by atoms with E-state index in [1.54, 1.807) is 12.3 Å². The van der Waals surface area contributed by atoms with Crippen LogP contribution in [-0.4, -0.2) is 16.9 Å². The van der Waals surface area contributed by atoms with Gasteiger partial charge in [-0.1, -0.05) is 13.8 Å². The highest BCUT2D eigenvalue weighted by Crippen LogP contribution is 2.10. The lowest BCUT2D eigenvalue weighted by atomic mass is 10.0. The molecular weight excluding hydrogens is 214 g/mol. The number of nitrogens with one attached hydrogen (secondary N) is 1. The first kappa shape index (κ1) is 13.5. The van der Waals surface area contributed by atoms with Gasteiger partial charge in [0.1, 0.15) is 0 Å². The number of hydrogen-bond donors (Lipinski definition) is 2. The second kappa shape index (κ2) is 6.23. The number of aromatic nitrogens is 1. The zero-order valence-corrected chi connectivity index (χ0v) is 10.7. The van der Waals surface area contributed by atoms with Crippen molar-refractivity contribution in [3.05, 3.63) is 24.0 Å². The molecule has 0 spiro atoms. The summed E-state index contributed by atoms with van der Waals surface area (Å²) in [6.07, 6.45) is 5.15. The summed E-state index contributed by atoms with van der Waals surface area (Å²) >= 11 is 0. The minimum absolute atomic E-state index is 0.124. The molecule has 0 aromatic carbocycles. The number of amides is 1. The van der Waals surface area contributed by atoms with E-state index in [4.69, 9.17) is 5.73 Å². The Morgan fingerprint density at radius 1 is 1.41 bits per heavy atom. The van der Waals surface area contributed by atoms with E-state index in [2.05, 4.69) is 24.1 Å². The van der Waals surface area contributed by atoms with Gasteiger partial charge in [0.2, 0.25) is 0 Å². The number of carbonyl (C=O) groups excluding carboxylic acids is 1. The highest BCUT2D eigenvalue weighted by atomic mass is 16.1. The van der Waals surface area contributed by atoms with Crippen LogP contribution >= 0.6 is 0 Å². The lowest BCUT2D eigenvalue weighted by Gasteiger charge is -2.15. The third kappa shape index (κ3) is 4.43. The fraction of sp³-hybridized carbons (Fsp3) is 0.538. The van der Waals surface area contributed by atoms with Gasteiger partial charge in [0.25, 0.3) is 5.91 Å². The van der Waals surface area contributed by atoms with Gasteiger partial charge in [-0.25, -0.2) is 0 Å². The first-order chi connectivity index (χ1) is 8.00. The molecule has 0 bridgehead atoms. The number of nitrogens with zero attached hydrogens (tertiary/aromatic N) is 1. The molecule has 0 radical (unpaired) electrons. The summed E-state index contributed by atoms with van der Waals surface area (Å²) in [7, 11) is 0. The first-order valence-electron chi connectivity index (χ1n) is 6.01. The Morgan fingerprint density at radius 3 is 2.71 bits per heavy atom. The Labute approximate surface area is 103 Å². The highest BCUT2D eigenvalue weighted by molar-refractivity contribution is 5.98. The summed E-state index contributed by atoms with van der Waals surface area (Å²) in [6, 6.07) is 1.80. The van der Waals surface area contributed by atoms with E-state index in [-0.39, 0.29) is 11.9 Å². The third-order valence-electron chi connectivity index (χ3n) is 2.65. The van der Waals surface area contributed by atoms with Crippen LogP contribution < -0.4 is 11.1 Å². The van der Waals surface area contributed by atoms with Crippen LogP contribution in [0.3, 0.4) is 0 Å². The van der Waals surface area contributed by atoms with Crippen LogP contribution in [0.2, 0.25) is 0 Å². The lowest BCUT2D eigenvalue weighted by Crippen LogP contribution is -2.33. The average molecular weight is 235 g/mol. The van der Waals surface area contributed by atoms with Crippen LogP contribution in [0.1, 0.15) is 44.0 Å². The largest absolute Gasteiger partial charge is 0.397 e. The molecular formula is C13H21N3O. The first-order valence-corrected chi connectivity index (χ1v) is 6.01. The van der Waals surface area contributed by atoms with Crippen molar-refractivity contribution in [3.8, 4) is 0 Å². The molecule has 94 valence electrons. The van der Waals surface area contributed by atoms with Crippen molar-refractivity contribution < 1.29 is 4.79 Å². The Kier molecular flexibility index (Phi) is 4.94. The minimum Gasteiger partial charge on any atom is -0.397 e. The van der Waals surface area contributed by atoms with E-state index in [1.807, 2.05) is 6.92 Å². The van der Waals surface area contributed by atoms with E-state index in [0.717, 1.165) is 12.8 Å². The van der Waals surface area contributed by atoms with Gasteiger partial charge < -0.3 is 11.1 Å². The smallest absolute Gasteiger partial charge is 0.253 e. The Hall–Kier alpha value is -1.58. The van der Waals surface area contributed by atoms with E-state index < -0.39 is 0 Å². The molecule has 17 heavy (non-hydrogen) atoms. The number of rotatable bonds is 5. The predicted molar refractivity (Wildman–Crippen MR) is 69.6 cm³/mol. The summed E-state index contributed by atoms with van der Waals surface area (Å²) in [6.45, 7) is 6.36. The van der Waals surface area contributed by atoms with Gasteiger partial charge in [-0.3, -0.25) is 9.78 Å². The maximum Gasteiger partial charge on any atom is 0.253 e. The molecule has 0 aliphatic carbocycles. The molecule has 0 aliphatic rings. The maximum absolute atomic E-state index is 11.9. The molecule has 1 amide bonds. The number of anilines is 1. The monoisotopic (exact) mass is 235 g/mol. The fourth-order valence-corrected chi connectivity index (χ4v) is 1.57. The normalized spacial score (nSPS) is 12.5. The molecule has 1 atom stereocenters. The van der Waals surface area contributed by atoms with E-state index in [1.165, 1.54) is 6.20 Å². The number of nitrogen functional groups attached to an aromatic ring is 1. The lowest BCUT2D eigenvalue weighted by molar-refractivity contribution is 0.0938. The average Bonchev–Trinajstić information content (AvgIpc) is 2.26. The summed E-state index contributed by atoms with van der Waals surface area (Å²) in [5, 5.41) is 2.95. The SMILES string of the molecule is CC(C)CCC(C)NC(=O)c1ccncc1N. The molecule has 4 heteroatoms. The van der Waals surface area contributed by atoms with Crippen molar-refractivity contribution in [3.63, 3.8) is 0 Å². The van der Waals surface area contributed by atoms with Crippen LogP contribution in [0.4, 0.5) is 5.69 Å². The van der Waals surface area contributed by atoms with E-state index >= 15 is 0 Å². The van der Waals surface area contributed by atoms with E-state index in [0.29, 0.717) is 17.2 Å². The molecule has 1 rings (SSSR count). The number of nitrogens with two attached hydrogens (primary N) is 1. The zero-order valence-electron chi connectivity index (χ0n) is 10.7. The van der Waals surface area contributed by atoms with Crippen molar-refractivity contribution in [2.75, 3.05) is 5.73 Å². The Balaban J connectivity index is 2.52. The van der Waals surface area contributed by atoms with Gasteiger partial charge in [-0.15, -0.1) is 0 Å². The second-order valence-corrected chi connectivity index (χ2v) is 4.81. The Morgan fingerprint density at radius 2 is 2.12 bits per heavy atom. The molecule has 0 saturated heterocycles. The highest BCUT2D eigenvalue weighted by Gasteiger charge is 2.12. The van der Waals surface area contributed by atoms with Crippen LogP contribution in [0, 0.1) is 5.92 Å². The zero-order chi connectivity index (χ0) is 12.8. The van der Waals surface area contributed by atoms with Crippen LogP contribution in [0.15, 0.2) is 18.5 Å². The number of hydrogen-bond acceptors (Lipinski definition) is 3. The van der Waals surface area contributed by atoms with E-state index in [9.17, 15) is 4.79 Å². The van der Waals surface area contributed by atoms with Crippen LogP contribution in [-0.2, 0) is 0 Å². The van der Waals surface area contributed by atoms with Gasteiger partial charge in [0.05, 0.1) is 17.4 Å². The molecule has 0 fully saturated rings. The fourth-order valence-electron chi connectivity index (χ4n) is 1.57. The van der Waals surface area contributed by atoms with Crippen molar-refractivity contribution >= 4 is 11.6 Å². The van der Waals surface area contributed by atoms with Gasteiger partial charge in [-0.2, -0.15) is 0 Å². The topological polar surface area (TPSA) is 68.0 Å². The summed E-state index contributed by atoms with van der Waals surface area (Å²) in [5.41, 5.74) is 6.61. The van der Waals surface area contributed by atoms with Crippen LogP contribution in [0.5, 0.6) is 0 Å². The predicted octanol–water partition coefficient (Wildman–Crippen LogP) is 2.22. The number of carbonyl (C=O) groups is 1. The third-order valence-corrected chi connectivity index (χ3v) is 2.65. The van der Waals surface area contributed by atoms with Gasteiger partial charge in [0.15, 0.2) is 0 Å². The standard InChI is InChI=1S/C13H21N3O/c1-9(2)4-5-10(3)16-13(17)11-6-7-15-8-12(11)14/h6-10H,4-5,14H2,1-3H3,(H,16,17). The van der Waals surface area contributed by atoms with Crippen molar-refractivity contribution in [1.82, 2.24) is 10.3 Å². The van der Waals surface area contributed by atoms with Crippen molar-refractivity contribution in [2.24, 2.45) is 5.92 Å². The molecule has 1 aromatic heterocycles. The summed E-state index contributed by atoms with van der Waals surface area (Å²) in [4.78, 5) is 15.8. The van der Waals surface area contributed by atoms with Gasteiger partial charge in [0, 0.05) is 12.2 Å². The molecule has 3 N–H and O–H groups in total. The molecule has 0 saturated carbocycles. The second-order valence-electron chi connectivity index (χ2n) is 4.81. The van der Waals surface area contributed by atoms with Crippen molar-refractivity contribution in [2.45, 2.75) is 39.7 Å². The molecule has 0 aliphatic heterocycles. The summed E-state index contributed by atoms with van der Waals surface area (Å²) < 4.78 is 0. The van der Waals surface area contributed by atoms with Gasteiger partial charge in [-0.05, 0) is 31.7 Å². The quantitative estimate of drug-likeness (QED) is 0.822. The van der Waals surface area contributed by atoms with Crippen LogP contribution in [0.25, 0.3) is 0 Å². The molecule has 1 heterocycles. The maximum atomic E-state index is 11.9. The van der Waals surface area contributed by atoms with Crippen molar-refractivity contribution in [1.29, 1.82) is 0 Å². The molecule has 1 aromatic rings. The number of pyridine rings is 1. The summed E-state index contributed by atoms with van der Waals surface area (Å²) in [5.74, 6) is 0.529. The molecule has 4 nitrogen and oxygen atoms in total. The van der Waals surface area contributed by atoms with Gasteiger partial charge >= 0.3 is 0 Å². The molecule has 1 unspecified atom stereocenters. The Bertz CT molecular complexity index is 377. The minimum atomic E-state index is -0.124.